The number of hydrogen-bond donors (Lipinski definition) is 3. The van der Waals surface area contributed by atoms with E-state index in [1.165, 1.54) is 12.1 Å². The van der Waals surface area contributed by atoms with Crippen LogP contribution in [0.2, 0.25) is 0 Å². The van der Waals surface area contributed by atoms with Crippen molar-refractivity contribution in [2.75, 3.05) is 0 Å². The average molecular weight is 385 g/mol. The van der Waals surface area contributed by atoms with Gasteiger partial charge in [-0.15, -0.1) is 0 Å². The lowest BCUT2D eigenvalue weighted by atomic mass is 9.98. The standard InChI is InChI=1S/C17H15N5O4S/c18-19-17(27)21-20-14(10-4-3-5-11(8-10)22(24)25)9-15-12-6-1-2-7-13(12)16(23)26-15/h1-8,15H,9,18H2,(H2,19,21,27)/b20-14+/t15-/m0/s1. The molecule has 0 amide bonds. The Morgan fingerprint density at radius 2 is 2.07 bits per heavy atom. The van der Waals surface area contributed by atoms with E-state index in [-0.39, 0.29) is 17.2 Å². The molecule has 1 aliphatic rings. The second kappa shape index (κ2) is 7.89. The monoisotopic (exact) mass is 385 g/mol. The first-order valence-corrected chi connectivity index (χ1v) is 8.28. The number of non-ortho nitro benzene ring substituents is 1. The minimum atomic E-state index is -0.562. The fourth-order valence-electron chi connectivity index (χ4n) is 2.72. The van der Waals surface area contributed by atoms with Gasteiger partial charge in [-0.05, 0) is 18.3 Å². The normalized spacial score (nSPS) is 15.7. The molecule has 0 bridgehead atoms. The molecule has 138 valence electrons. The van der Waals surface area contributed by atoms with Gasteiger partial charge in [-0.2, -0.15) is 5.10 Å². The Morgan fingerprint density at radius 3 is 2.81 bits per heavy atom. The number of nitrogens with zero attached hydrogens (tertiary/aromatic N) is 2. The van der Waals surface area contributed by atoms with Gasteiger partial charge in [-0.3, -0.25) is 21.0 Å². The summed E-state index contributed by atoms with van der Waals surface area (Å²) in [6, 6.07) is 13.1. The Labute approximate surface area is 159 Å². The van der Waals surface area contributed by atoms with E-state index < -0.39 is 17.0 Å². The Bertz CT molecular complexity index is 946. The van der Waals surface area contributed by atoms with Crippen molar-refractivity contribution in [3.63, 3.8) is 0 Å². The lowest BCUT2D eigenvalue weighted by Gasteiger charge is -2.14. The largest absolute Gasteiger partial charge is 0.453 e. The van der Waals surface area contributed by atoms with E-state index in [2.05, 4.69) is 16.0 Å². The number of esters is 1. The number of cyclic esters (lactones) is 1. The average Bonchev–Trinajstić information content (AvgIpc) is 3.00. The number of nitrogens with two attached hydrogens (primary N) is 1. The first-order valence-electron chi connectivity index (χ1n) is 7.87. The zero-order chi connectivity index (χ0) is 19.4. The predicted molar refractivity (Wildman–Crippen MR) is 102 cm³/mol. The molecule has 2 aromatic rings. The molecule has 10 heteroatoms. The summed E-state index contributed by atoms with van der Waals surface area (Å²) in [6.45, 7) is 0. The maximum absolute atomic E-state index is 12.0. The number of rotatable bonds is 5. The summed E-state index contributed by atoms with van der Waals surface area (Å²) in [6.07, 6.45) is -0.364. The first kappa shape index (κ1) is 18.4. The van der Waals surface area contributed by atoms with Crippen molar-refractivity contribution in [1.82, 2.24) is 10.9 Å². The number of carbonyl (C=O) groups is 1. The number of hydrogen-bond acceptors (Lipinski definition) is 7. The van der Waals surface area contributed by atoms with Crippen LogP contribution in [0.25, 0.3) is 0 Å². The van der Waals surface area contributed by atoms with Gasteiger partial charge >= 0.3 is 5.97 Å². The SMILES string of the molecule is NNC(=S)N/N=C(\C[C@@H]1OC(=O)c2ccccc21)c1cccc([N+](=O)[O-])c1. The van der Waals surface area contributed by atoms with Crippen LogP contribution in [0.3, 0.4) is 0 Å². The molecule has 0 unspecified atom stereocenters. The van der Waals surface area contributed by atoms with Crippen molar-refractivity contribution in [3.8, 4) is 0 Å². The molecule has 27 heavy (non-hydrogen) atoms. The van der Waals surface area contributed by atoms with Gasteiger partial charge in [0.2, 0.25) is 5.11 Å². The van der Waals surface area contributed by atoms with E-state index in [1.807, 2.05) is 6.07 Å². The number of nitro groups is 1. The summed E-state index contributed by atoms with van der Waals surface area (Å²) in [5.41, 5.74) is 6.87. The van der Waals surface area contributed by atoms with Gasteiger partial charge in [0.15, 0.2) is 0 Å². The van der Waals surface area contributed by atoms with E-state index in [1.54, 1.807) is 30.3 Å². The summed E-state index contributed by atoms with van der Waals surface area (Å²) >= 11 is 4.91. The highest BCUT2D eigenvalue weighted by Gasteiger charge is 2.32. The molecule has 0 fully saturated rings. The molecule has 2 aromatic carbocycles. The highest BCUT2D eigenvalue weighted by molar-refractivity contribution is 7.80. The number of benzene rings is 2. The summed E-state index contributed by atoms with van der Waals surface area (Å²) in [4.78, 5) is 22.6. The topological polar surface area (TPSA) is 132 Å². The predicted octanol–water partition coefficient (Wildman–Crippen LogP) is 1.94. The van der Waals surface area contributed by atoms with Gasteiger partial charge in [0.1, 0.15) is 6.10 Å². The van der Waals surface area contributed by atoms with E-state index in [9.17, 15) is 14.9 Å². The lowest BCUT2D eigenvalue weighted by Crippen LogP contribution is -2.37. The molecule has 0 aromatic heterocycles. The van der Waals surface area contributed by atoms with Crippen molar-refractivity contribution < 1.29 is 14.5 Å². The van der Waals surface area contributed by atoms with Gasteiger partial charge < -0.3 is 4.74 Å². The Kier molecular flexibility index (Phi) is 5.38. The van der Waals surface area contributed by atoms with Crippen LogP contribution in [-0.4, -0.2) is 21.7 Å². The van der Waals surface area contributed by atoms with Gasteiger partial charge in [0.25, 0.3) is 5.69 Å². The maximum Gasteiger partial charge on any atom is 0.339 e. The molecular formula is C17H15N5O4S. The van der Waals surface area contributed by atoms with Crippen LogP contribution in [0, 0.1) is 10.1 Å². The zero-order valence-electron chi connectivity index (χ0n) is 13.9. The summed E-state index contributed by atoms with van der Waals surface area (Å²) < 4.78 is 5.44. The molecule has 0 aliphatic carbocycles. The molecule has 0 radical (unpaired) electrons. The molecule has 1 heterocycles. The highest BCUT2D eigenvalue weighted by atomic mass is 32.1. The quantitative estimate of drug-likeness (QED) is 0.178. The minimum Gasteiger partial charge on any atom is -0.453 e. The van der Waals surface area contributed by atoms with Crippen molar-refractivity contribution in [2.24, 2.45) is 10.9 Å². The number of fused-ring (bicyclic) bond motifs is 1. The Balaban J connectivity index is 1.94. The molecule has 1 atom stereocenters. The summed E-state index contributed by atoms with van der Waals surface area (Å²) in [7, 11) is 0. The van der Waals surface area contributed by atoms with E-state index in [4.69, 9.17) is 22.8 Å². The van der Waals surface area contributed by atoms with Gasteiger partial charge in [-0.1, -0.05) is 30.3 Å². The van der Waals surface area contributed by atoms with Crippen LogP contribution in [0.4, 0.5) is 5.69 Å². The molecule has 0 saturated carbocycles. The zero-order valence-corrected chi connectivity index (χ0v) is 14.7. The molecule has 4 N–H and O–H groups in total. The van der Waals surface area contributed by atoms with Gasteiger partial charge in [0.05, 0.1) is 16.2 Å². The molecule has 3 rings (SSSR count). The smallest absolute Gasteiger partial charge is 0.339 e. The van der Waals surface area contributed by atoms with Crippen LogP contribution < -0.4 is 16.7 Å². The summed E-state index contributed by atoms with van der Waals surface area (Å²) in [5, 5.41) is 15.3. The number of hydrazone groups is 1. The highest BCUT2D eigenvalue weighted by Crippen LogP contribution is 2.34. The van der Waals surface area contributed by atoms with Crippen molar-refractivity contribution >= 4 is 34.7 Å². The molecule has 1 aliphatic heterocycles. The molecule has 0 saturated heterocycles. The van der Waals surface area contributed by atoms with Crippen molar-refractivity contribution in [1.29, 1.82) is 0 Å². The maximum atomic E-state index is 12.0. The fourth-order valence-corrected chi connectivity index (χ4v) is 2.77. The Hall–Kier alpha value is -3.37. The minimum absolute atomic E-state index is 0.0711. The fraction of sp³-hybridized carbons (Fsp3) is 0.118. The van der Waals surface area contributed by atoms with E-state index in [0.717, 1.165) is 5.56 Å². The molecule has 0 spiro atoms. The van der Waals surface area contributed by atoms with E-state index in [0.29, 0.717) is 16.8 Å². The van der Waals surface area contributed by atoms with Gasteiger partial charge in [-0.25, -0.2) is 10.6 Å². The van der Waals surface area contributed by atoms with Crippen molar-refractivity contribution in [3.05, 3.63) is 75.3 Å². The molecule has 9 nitrogen and oxygen atoms in total. The van der Waals surface area contributed by atoms with Crippen LogP contribution in [0.5, 0.6) is 0 Å². The Morgan fingerprint density at radius 1 is 1.30 bits per heavy atom. The van der Waals surface area contributed by atoms with Crippen LogP contribution in [0.1, 0.15) is 34.0 Å². The van der Waals surface area contributed by atoms with Crippen LogP contribution in [0.15, 0.2) is 53.6 Å². The van der Waals surface area contributed by atoms with Crippen LogP contribution >= 0.6 is 12.2 Å². The van der Waals surface area contributed by atoms with Gasteiger partial charge in [0, 0.05) is 29.7 Å². The number of hydrazine groups is 1. The first-order chi connectivity index (χ1) is 13.0. The number of ether oxygens (including phenoxy) is 1. The second-order valence-corrected chi connectivity index (χ2v) is 6.04. The number of carbonyl (C=O) groups excluding carboxylic acids is 1. The second-order valence-electron chi connectivity index (χ2n) is 5.64. The number of nitrogens with one attached hydrogen (secondary N) is 2. The summed E-state index contributed by atoms with van der Waals surface area (Å²) in [5.74, 6) is 4.81. The molecular weight excluding hydrogens is 370 g/mol. The third-order valence-electron chi connectivity index (χ3n) is 3.97. The van der Waals surface area contributed by atoms with Crippen LogP contribution in [-0.2, 0) is 4.74 Å². The third-order valence-corrected chi connectivity index (χ3v) is 4.18. The number of nitro benzene ring substituents is 1. The number of thiocarbonyl (C=S) groups is 1. The third kappa shape index (κ3) is 4.07. The van der Waals surface area contributed by atoms with E-state index >= 15 is 0 Å². The lowest BCUT2D eigenvalue weighted by molar-refractivity contribution is -0.384. The van der Waals surface area contributed by atoms with Crippen molar-refractivity contribution in [2.45, 2.75) is 12.5 Å².